The van der Waals surface area contributed by atoms with Gasteiger partial charge in [-0.1, -0.05) is 48.0 Å². The lowest BCUT2D eigenvalue weighted by Gasteiger charge is -2.11. The van der Waals surface area contributed by atoms with Crippen molar-refractivity contribution in [1.29, 1.82) is 0 Å². The van der Waals surface area contributed by atoms with Crippen LogP contribution in [0.25, 0.3) is 22.2 Å². The van der Waals surface area contributed by atoms with Gasteiger partial charge < -0.3 is 10.1 Å². The van der Waals surface area contributed by atoms with E-state index in [9.17, 15) is 0 Å². The molecule has 2 aromatic heterocycles. The summed E-state index contributed by atoms with van der Waals surface area (Å²) >= 11 is 6.21. The van der Waals surface area contributed by atoms with E-state index in [1.165, 1.54) is 0 Å². The van der Waals surface area contributed by atoms with E-state index in [1.807, 2.05) is 60.7 Å². The van der Waals surface area contributed by atoms with Crippen molar-refractivity contribution >= 4 is 28.2 Å². The molecule has 0 saturated carbocycles. The van der Waals surface area contributed by atoms with E-state index in [0.717, 1.165) is 33.5 Å². The Balaban J connectivity index is 1.66. The normalized spacial score (nSPS) is 10.7. The van der Waals surface area contributed by atoms with Gasteiger partial charge in [0.15, 0.2) is 5.82 Å². The summed E-state index contributed by atoms with van der Waals surface area (Å²) in [6, 6.07) is 19.5. The van der Waals surface area contributed by atoms with E-state index in [4.69, 9.17) is 16.3 Å². The maximum absolute atomic E-state index is 6.21. The third kappa shape index (κ3) is 3.55. The summed E-state index contributed by atoms with van der Waals surface area (Å²) in [5.74, 6) is 1.38. The second-order valence-corrected chi connectivity index (χ2v) is 6.39. The smallest absolute Gasteiger partial charge is 0.156 e. The minimum absolute atomic E-state index is 0.575. The van der Waals surface area contributed by atoms with Gasteiger partial charge in [-0.2, -0.15) is 0 Å². The van der Waals surface area contributed by atoms with E-state index >= 15 is 0 Å². The number of hydrogen-bond acceptors (Lipinski definition) is 5. The molecule has 0 atom stereocenters. The number of pyridine rings is 1. The lowest BCUT2D eigenvalue weighted by Crippen LogP contribution is -2.04. The number of aromatic nitrogens is 3. The lowest BCUT2D eigenvalue weighted by atomic mass is 10.1. The zero-order chi connectivity index (χ0) is 18.6. The van der Waals surface area contributed by atoms with Crippen molar-refractivity contribution in [3.05, 3.63) is 77.4 Å². The van der Waals surface area contributed by atoms with Crippen LogP contribution in [0.3, 0.4) is 0 Å². The van der Waals surface area contributed by atoms with Crippen molar-refractivity contribution in [2.75, 3.05) is 12.4 Å². The number of hydrogen-bond donors (Lipinski definition) is 1. The van der Waals surface area contributed by atoms with Gasteiger partial charge in [-0.15, -0.1) is 10.2 Å². The van der Waals surface area contributed by atoms with Crippen LogP contribution in [0.15, 0.2) is 66.9 Å². The Morgan fingerprint density at radius 1 is 0.963 bits per heavy atom. The highest BCUT2D eigenvalue weighted by atomic mass is 35.5. The van der Waals surface area contributed by atoms with E-state index in [0.29, 0.717) is 17.3 Å². The summed E-state index contributed by atoms with van der Waals surface area (Å²) in [6.45, 7) is 0.575. The Kier molecular flexibility index (Phi) is 4.85. The molecule has 0 saturated heterocycles. The molecular weight excluding hydrogens is 360 g/mol. The van der Waals surface area contributed by atoms with Crippen molar-refractivity contribution < 1.29 is 4.74 Å². The number of rotatable bonds is 5. The molecule has 6 heteroatoms. The van der Waals surface area contributed by atoms with Gasteiger partial charge >= 0.3 is 0 Å². The van der Waals surface area contributed by atoms with Crippen molar-refractivity contribution in [3.63, 3.8) is 0 Å². The molecular formula is C21H17ClN4O. The maximum atomic E-state index is 6.21. The third-order valence-corrected chi connectivity index (χ3v) is 4.57. The molecule has 4 aromatic rings. The van der Waals surface area contributed by atoms with Crippen LogP contribution in [0, 0.1) is 0 Å². The van der Waals surface area contributed by atoms with E-state index in [-0.39, 0.29) is 0 Å². The first-order valence-electron chi connectivity index (χ1n) is 8.49. The molecule has 0 aliphatic heterocycles. The van der Waals surface area contributed by atoms with Crippen LogP contribution in [-0.2, 0) is 6.54 Å². The van der Waals surface area contributed by atoms with Gasteiger partial charge in [0.1, 0.15) is 11.4 Å². The SMILES string of the molecule is COc1ccc(CNc2nnc(-c3ccccn3)c3ccccc23)cc1Cl. The van der Waals surface area contributed by atoms with Crippen LogP contribution < -0.4 is 10.1 Å². The largest absolute Gasteiger partial charge is 0.495 e. The number of ether oxygens (including phenoxy) is 1. The fourth-order valence-corrected chi connectivity index (χ4v) is 3.21. The standard InChI is InChI=1S/C21H17ClN4O/c1-27-19-10-9-14(12-17(19)22)13-24-21-16-7-3-2-6-15(16)20(25-26-21)18-8-4-5-11-23-18/h2-12H,13H2,1H3,(H,24,26). The predicted octanol–water partition coefficient (Wildman–Crippen LogP) is 4.97. The van der Waals surface area contributed by atoms with Gasteiger partial charge in [0.05, 0.1) is 17.8 Å². The summed E-state index contributed by atoms with van der Waals surface area (Å²) in [4.78, 5) is 4.40. The first-order chi connectivity index (χ1) is 13.3. The minimum Gasteiger partial charge on any atom is -0.495 e. The average Bonchev–Trinajstić information content (AvgIpc) is 2.72. The van der Waals surface area contributed by atoms with Crippen LogP contribution in [0.2, 0.25) is 5.02 Å². The zero-order valence-electron chi connectivity index (χ0n) is 14.7. The molecule has 0 unspecified atom stereocenters. The van der Waals surface area contributed by atoms with Crippen molar-refractivity contribution in [2.45, 2.75) is 6.54 Å². The molecule has 0 aliphatic carbocycles. The molecule has 0 radical (unpaired) electrons. The molecule has 134 valence electrons. The van der Waals surface area contributed by atoms with Crippen LogP contribution in [0.1, 0.15) is 5.56 Å². The molecule has 2 heterocycles. The van der Waals surface area contributed by atoms with Gasteiger partial charge in [0, 0.05) is 23.5 Å². The van der Waals surface area contributed by atoms with Gasteiger partial charge in [0.25, 0.3) is 0 Å². The molecule has 0 spiro atoms. The van der Waals surface area contributed by atoms with Crippen LogP contribution in [0.4, 0.5) is 5.82 Å². The van der Waals surface area contributed by atoms with Gasteiger partial charge in [-0.05, 0) is 29.8 Å². The number of nitrogens with one attached hydrogen (secondary N) is 1. The van der Waals surface area contributed by atoms with E-state index in [1.54, 1.807) is 13.3 Å². The molecule has 0 fully saturated rings. The number of methoxy groups -OCH3 is 1. The number of halogens is 1. The average molecular weight is 377 g/mol. The molecule has 4 rings (SSSR count). The minimum atomic E-state index is 0.575. The molecule has 27 heavy (non-hydrogen) atoms. The zero-order valence-corrected chi connectivity index (χ0v) is 15.4. The Hall–Kier alpha value is -3.18. The first kappa shape index (κ1) is 17.2. The summed E-state index contributed by atoms with van der Waals surface area (Å²) < 4.78 is 5.19. The van der Waals surface area contributed by atoms with Crippen LogP contribution >= 0.6 is 11.6 Å². The highest BCUT2D eigenvalue weighted by Gasteiger charge is 2.11. The Labute approximate surface area is 162 Å². The van der Waals surface area contributed by atoms with Crippen molar-refractivity contribution in [1.82, 2.24) is 15.2 Å². The second-order valence-electron chi connectivity index (χ2n) is 5.98. The molecule has 0 bridgehead atoms. The summed E-state index contributed by atoms with van der Waals surface area (Å²) in [5, 5.41) is 14.7. The number of fused-ring (bicyclic) bond motifs is 1. The Bertz CT molecular complexity index is 1090. The van der Waals surface area contributed by atoms with E-state index < -0.39 is 0 Å². The summed E-state index contributed by atoms with van der Waals surface area (Å²) in [6.07, 6.45) is 1.76. The Morgan fingerprint density at radius 3 is 2.52 bits per heavy atom. The van der Waals surface area contributed by atoms with Crippen LogP contribution in [-0.4, -0.2) is 22.3 Å². The molecule has 0 aliphatic rings. The number of benzene rings is 2. The second kappa shape index (κ2) is 7.60. The molecule has 2 aromatic carbocycles. The van der Waals surface area contributed by atoms with Crippen molar-refractivity contribution in [2.24, 2.45) is 0 Å². The highest BCUT2D eigenvalue weighted by Crippen LogP contribution is 2.29. The lowest BCUT2D eigenvalue weighted by molar-refractivity contribution is 0.415. The summed E-state index contributed by atoms with van der Waals surface area (Å²) in [7, 11) is 1.60. The van der Waals surface area contributed by atoms with Crippen molar-refractivity contribution in [3.8, 4) is 17.1 Å². The highest BCUT2D eigenvalue weighted by molar-refractivity contribution is 6.32. The Morgan fingerprint density at radius 2 is 1.78 bits per heavy atom. The quantitative estimate of drug-likeness (QED) is 0.533. The molecule has 1 N–H and O–H groups in total. The molecule has 0 amide bonds. The monoisotopic (exact) mass is 376 g/mol. The van der Waals surface area contributed by atoms with Gasteiger partial charge in [0.2, 0.25) is 0 Å². The third-order valence-electron chi connectivity index (χ3n) is 4.27. The van der Waals surface area contributed by atoms with Crippen LogP contribution in [0.5, 0.6) is 5.75 Å². The fraction of sp³-hybridized carbons (Fsp3) is 0.0952. The van der Waals surface area contributed by atoms with Gasteiger partial charge in [-0.3, -0.25) is 4.98 Å². The summed E-state index contributed by atoms with van der Waals surface area (Å²) in [5.41, 5.74) is 2.60. The predicted molar refractivity (Wildman–Crippen MR) is 108 cm³/mol. The number of nitrogens with zero attached hydrogens (tertiary/aromatic N) is 3. The maximum Gasteiger partial charge on any atom is 0.156 e. The van der Waals surface area contributed by atoms with Gasteiger partial charge in [-0.25, -0.2) is 0 Å². The fourth-order valence-electron chi connectivity index (χ4n) is 2.93. The van der Waals surface area contributed by atoms with E-state index in [2.05, 4.69) is 20.5 Å². The first-order valence-corrected chi connectivity index (χ1v) is 8.87. The topological polar surface area (TPSA) is 59.9 Å². The molecule has 5 nitrogen and oxygen atoms in total. The number of anilines is 1.